The van der Waals surface area contributed by atoms with Crippen LogP contribution >= 0.6 is 0 Å². The van der Waals surface area contributed by atoms with Crippen LogP contribution in [-0.4, -0.2) is 33.4 Å². The maximum absolute atomic E-state index is 7.68. The van der Waals surface area contributed by atoms with Crippen LogP contribution in [0.25, 0.3) is 28.0 Å². The van der Waals surface area contributed by atoms with Gasteiger partial charge in [0, 0.05) is 40.9 Å². The average Bonchev–Trinajstić information content (AvgIpc) is 3.33. The first-order valence-electron chi connectivity index (χ1n) is 18.3. The number of methoxy groups -OCH3 is 1. The van der Waals surface area contributed by atoms with Crippen molar-refractivity contribution in [2.24, 2.45) is 0 Å². The van der Waals surface area contributed by atoms with Crippen LogP contribution in [0.5, 0.6) is 11.5 Å². The lowest BCUT2D eigenvalue weighted by atomic mass is 9.62. The summed E-state index contributed by atoms with van der Waals surface area (Å²) in [6, 6.07) is 29.4. The number of nitrogens with zero attached hydrogens (tertiary/aromatic N) is 1. The first-order chi connectivity index (χ1) is 24.1. The molecular formula is C45H43NO3. The minimum Gasteiger partial charge on any atom is -0.497 e. The summed E-state index contributed by atoms with van der Waals surface area (Å²) in [7, 11) is 1.79. The fraction of sp³-hybridized carbons (Fsp3) is 0.333. The molecule has 3 aliphatic carbocycles. The highest BCUT2D eigenvalue weighted by molar-refractivity contribution is 6.10. The summed E-state index contributed by atoms with van der Waals surface area (Å²) in [6.45, 7) is 5.67. The number of fused-ring (bicyclic) bond motifs is 6. The predicted molar refractivity (Wildman–Crippen MR) is 198 cm³/mol. The molecule has 3 unspecified atom stereocenters. The number of anilines is 1. The molecule has 1 saturated carbocycles. The van der Waals surface area contributed by atoms with Gasteiger partial charge < -0.3 is 19.1 Å². The van der Waals surface area contributed by atoms with Crippen LogP contribution in [0, 0.1) is 6.92 Å². The largest absolute Gasteiger partial charge is 0.497 e. The summed E-state index contributed by atoms with van der Waals surface area (Å²) >= 11 is 0. The first kappa shape index (κ1) is 29.4. The maximum atomic E-state index is 7.68. The molecule has 0 N–H and O–H groups in total. The van der Waals surface area contributed by atoms with Gasteiger partial charge in [-0.3, -0.25) is 0 Å². The van der Waals surface area contributed by atoms with Gasteiger partial charge >= 0.3 is 0 Å². The third kappa shape index (κ3) is 4.39. The van der Waals surface area contributed by atoms with Gasteiger partial charge in [0.05, 0.1) is 20.3 Å². The van der Waals surface area contributed by atoms with E-state index in [1.807, 2.05) is 0 Å². The van der Waals surface area contributed by atoms with Gasteiger partial charge in [-0.15, -0.1) is 0 Å². The van der Waals surface area contributed by atoms with Gasteiger partial charge in [-0.25, -0.2) is 0 Å². The number of ether oxygens (including phenoxy) is 3. The second kappa shape index (κ2) is 11.2. The van der Waals surface area contributed by atoms with E-state index in [-0.39, 0.29) is 0 Å². The minimum absolute atomic E-state index is 0.488. The van der Waals surface area contributed by atoms with Crippen LogP contribution in [0.4, 0.5) is 5.69 Å². The molecule has 0 amide bonds. The summed E-state index contributed by atoms with van der Waals surface area (Å²) in [4.78, 5) is 2.42. The van der Waals surface area contributed by atoms with Gasteiger partial charge in [-0.1, -0.05) is 79.1 Å². The number of benzene rings is 5. The van der Waals surface area contributed by atoms with Crippen molar-refractivity contribution in [1.29, 1.82) is 0 Å². The van der Waals surface area contributed by atoms with Crippen molar-refractivity contribution < 1.29 is 14.2 Å². The van der Waals surface area contributed by atoms with Crippen molar-refractivity contribution >= 4 is 22.5 Å². The van der Waals surface area contributed by atoms with Crippen LogP contribution in [-0.2, 0) is 23.2 Å². The second-order valence-corrected chi connectivity index (χ2v) is 14.8. The van der Waals surface area contributed by atoms with E-state index >= 15 is 0 Å². The number of rotatable bonds is 4. The van der Waals surface area contributed by atoms with Crippen molar-refractivity contribution in [3.63, 3.8) is 0 Å². The molecular weight excluding hydrogens is 602 g/mol. The molecule has 2 fully saturated rings. The van der Waals surface area contributed by atoms with Gasteiger partial charge in [0.1, 0.15) is 11.5 Å². The lowest BCUT2D eigenvalue weighted by Crippen LogP contribution is -2.37. The van der Waals surface area contributed by atoms with E-state index in [2.05, 4.69) is 103 Å². The molecule has 2 heterocycles. The molecule has 5 aliphatic rings. The van der Waals surface area contributed by atoms with Gasteiger partial charge in [-0.05, 0) is 114 Å². The summed E-state index contributed by atoms with van der Waals surface area (Å²) in [5.41, 5.74) is 14.4. The molecule has 0 bridgehead atoms. The van der Waals surface area contributed by atoms with E-state index < -0.39 is 5.60 Å². The van der Waals surface area contributed by atoms with Crippen molar-refractivity contribution in [1.82, 2.24) is 0 Å². The predicted octanol–water partition coefficient (Wildman–Crippen LogP) is 9.86. The smallest absolute Gasteiger partial charge is 0.178 e. The number of hydrogen-bond acceptors (Lipinski definition) is 4. The Bertz CT molecular complexity index is 2140. The Kier molecular flexibility index (Phi) is 6.75. The molecule has 49 heavy (non-hydrogen) atoms. The van der Waals surface area contributed by atoms with E-state index in [4.69, 9.17) is 14.2 Å². The van der Waals surface area contributed by atoms with Crippen LogP contribution in [0.1, 0.15) is 82.0 Å². The van der Waals surface area contributed by atoms with Crippen LogP contribution in [0.3, 0.4) is 0 Å². The summed E-state index contributed by atoms with van der Waals surface area (Å²) in [5, 5.41) is 2.55. The summed E-state index contributed by atoms with van der Waals surface area (Å²) in [5.74, 6) is 2.94. The standard InChI is InChI=1S/C45H43NO3/c1-28-24-29-12-13-30-26-34(47-2)27-39-41(30)43-40(29)38(25-28)35-10-6-7-11-36(35)42(43)37-18-19-45(49-44(37)39,31-8-4-3-5-9-31)32-14-16-33(17-15-32)46-20-22-48-23-21-46/h3-5,8-9,14-19,24-27,35-36H,6-7,10-13,20-23H2,1-2H3. The van der Waals surface area contributed by atoms with E-state index in [0.29, 0.717) is 11.8 Å². The Labute approximate surface area is 289 Å². The monoisotopic (exact) mass is 645 g/mol. The Morgan fingerprint density at radius 3 is 2.35 bits per heavy atom. The van der Waals surface area contributed by atoms with Crippen molar-refractivity contribution in [3.05, 3.63) is 129 Å². The third-order valence-corrected chi connectivity index (χ3v) is 12.2. The zero-order valence-corrected chi connectivity index (χ0v) is 28.6. The zero-order chi connectivity index (χ0) is 32.7. The van der Waals surface area contributed by atoms with Crippen molar-refractivity contribution in [3.8, 4) is 22.6 Å². The molecule has 0 spiro atoms. The maximum Gasteiger partial charge on any atom is 0.178 e. The number of morpholine rings is 1. The van der Waals surface area contributed by atoms with Crippen molar-refractivity contribution in [2.45, 2.75) is 62.9 Å². The second-order valence-electron chi connectivity index (χ2n) is 14.8. The minimum atomic E-state index is -0.775. The van der Waals surface area contributed by atoms with Crippen molar-refractivity contribution in [2.75, 3.05) is 38.3 Å². The lowest BCUT2D eigenvalue weighted by molar-refractivity contribution is 0.122. The van der Waals surface area contributed by atoms with E-state index in [9.17, 15) is 0 Å². The molecule has 1 saturated heterocycles. The molecule has 246 valence electrons. The highest BCUT2D eigenvalue weighted by Gasteiger charge is 2.44. The third-order valence-electron chi connectivity index (χ3n) is 12.2. The molecule has 0 aromatic heterocycles. The lowest BCUT2D eigenvalue weighted by Gasteiger charge is -2.43. The Morgan fingerprint density at radius 2 is 1.55 bits per heavy atom. The molecule has 4 nitrogen and oxygen atoms in total. The highest BCUT2D eigenvalue weighted by Crippen LogP contribution is 2.61. The molecule has 3 atom stereocenters. The molecule has 5 aromatic carbocycles. The molecule has 10 rings (SSSR count). The first-order valence-corrected chi connectivity index (χ1v) is 18.3. The molecule has 5 aromatic rings. The summed E-state index contributed by atoms with van der Waals surface area (Å²) < 4.78 is 19.3. The van der Waals surface area contributed by atoms with Gasteiger partial charge in [-0.2, -0.15) is 0 Å². The molecule has 2 aliphatic heterocycles. The van der Waals surface area contributed by atoms with Gasteiger partial charge in [0.2, 0.25) is 0 Å². The van der Waals surface area contributed by atoms with Crippen LogP contribution < -0.4 is 14.4 Å². The summed E-state index contributed by atoms with van der Waals surface area (Å²) in [6.07, 6.45) is 11.9. The van der Waals surface area contributed by atoms with Gasteiger partial charge in [0.25, 0.3) is 0 Å². The van der Waals surface area contributed by atoms with Crippen LogP contribution in [0.2, 0.25) is 0 Å². The quantitative estimate of drug-likeness (QED) is 0.195. The normalized spacial score (nSPS) is 23.3. The van der Waals surface area contributed by atoms with E-state index in [1.54, 1.807) is 12.7 Å². The molecule has 4 heteroatoms. The topological polar surface area (TPSA) is 30.9 Å². The van der Waals surface area contributed by atoms with E-state index in [0.717, 1.165) is 61.8 Å². The van der Waals surface area contributed by atoms with E-state index in [1.165, 1.54) is 81.1 Å². The Morgan fingerprint density at radius 1 is 0.796 bits per heavy atom. The fourth-order valence-corrected chi connectivity index (χ4v) is 10.0. The zero-order valence-electron chi connectivity index (χ0n) is 28.6. The Balaban J connectivity index is 1.25. The van der Waals surface area contributed by atoms with Crippen LogP contribution in [0.15, 0.2) is 84.9 Å². The van der Waals surface area contributed by atoms with Gasteiger partial charge in [0.15, 0.2) is 5.60 Å². The SMILES string of the molecule is COc1cc2c3c4c(c5c(c3c1)OC(c1ccccc1)(c1ccc(N3CCOCC3)cc1)C=C5)C1CCCCC1c1cc(C)cc(c1-4)CC2. The molecule has 0 radical (unpaired) electrons. The average molecular weight is 646 g/mol. The number of aryl methyl sites for hydroxylation is 3. The Hall–Kier alpha value is -4.54. The highest BCUT2D eigenvalue weighted by atomic mass is 16.5. The fourth-order valence-electron chi connectivity index (χ4n) is 10.0. The number of hydrogen-bond donors (Lipinski definition) is 0.